The van der Waals surface area contributed by atoms with Gasteiger partial charge in [-0.2, -0.15) is 0 Å². The molecule has 2 rings (SSSR count). The number of nitrogens with zero attached hydrogens (tertiary/aromatic N) is 2. The number of rotatable bonds is 5. The van der Waals surface area contributed by atoms with E-state index in [0.29, 0.717) is 11.4 Å². The van der Waals surface area contributed by atoms with E-state index >= 15 is 0 Å². The zero-order valence-corrected chi connectivity index (χ0v) is 15.1. The number of anilines is 2. The topological polar surface area (TPSA) is 79.4 Å². The number of sulfonamides is 1. The van der Waals surface area contributed by atoms with Crippen molar-refractivity contribution in [2.75, 3.05) is 22.4 Å². The minimum Gasteiger partial charge on any atom is -0.323 e. The highest BCUT2D eigenvalue weighted by atomic mass is 79.9. The Labute approximate surface area is 143 Å². The van der Waals surface area contributed by atoms with E-state index in [1.54, 1.807) is 36.5 Å². The summed E-state index contributed by atoms with van der Waals surface area (Å²) in [4.78, 5) is 16.0. The van der Waals surface area contributed by atoms with Crippen LogP contribution in [0.25, 0.3) is 0 Å². The van der Waals surface area contributed by atoms with E-state index in [9.17, 15) is 13.2 Å². The van der Waals surface area contributed by atoms with Crippen molar-refractivity contribution in [2.24, 2.45) is 0 Å². The van der Waals surface area contributed by atoms with Crippen molar-refractivity contribution in [3.05, 3.63) is 52.8 Å². The molecule has 0 aliphatic carbocycles. The number of aryl methyl sites for hydroxylation is 1. The average molecular weight is 398 g/mol. The lowest BCUT2D eigenvalue weighted by Gasteiger charge is -2.22. The number of nitrogens with one attached hydrogen (secondary N) is 1. The van der Waals surface area contributed by atoms with Gasteiger partial charge in [-0.3, -0.25) is 14.1 Å². The van der Waals surface area contributed by atoms with Gasteiger partial charge in [-0.1, -0.05) is 15.9 Å². The van der Waals surface area contributed by atoms with Crippen LogP contribution in [0.15, 0.2) is 47.2 Å². The first kappa shape index (κ1) is 17.4. The summed E-state index contributed by atoms with van der Waals surface area (Å²) in [6, 6.07) is 8.47. The van der Waals surface area contributed by atoms with Crippen LogP contribution in [-0.2, 0) is 14.8 Å². The van der Waals surface area contributed by atoms with E-state index in [4.69, 9.17) is 0 Å². The van der Waals surface area contributed by atoms with Gasteiger partial charge in [0, 0.05) is 10.7 Å². The fraction of sp³-hybridized carbons (Fsp3) is 0.200. The van der Waals surface area contributed by atoms with Gasteiger partial charge in [-0.25, -0.2) is 8.42 Å². The Kier molecular flexibility index (Phi) is 5.38. The van der Waals surface area contributed by atoms with Crippen molar-refractivity contribution in [2.45, 2.75) is 6.92 Å². The van der Waals surface area contributed by atoms with Crippen molar-refractivity contribution in [1.29, 1.82) is 0 Å². The molecule has 122 valence electrons. The molecule has 0 fully saturated rings. The Bertz CT molecular complexity index is 810. The summed E-state index contributed by atoms with van der Waals surface area (Å²) in [5.74, 6) is -0.441. The highest BCUT2D eigenvalue weighted by Crippen LogP contribution is 2.24. The average Bonchev–Trinajstić information content (AvgIpc) is 2.48. The number of aromatic nitrogens is 1. The minimum absolute atomic E-state index is 0.311. The number of carbonyl (C=O) groups excluding carboxylic acids is 1. The highest BCUT2D eigenvalue weighted by Gasteiger charge is 2.21. The molecule has 0 saturated heterocycles. The van der Waals surface area contributed by atoms with Gasteiger partial charge in [0.2, 0.25) is 15.9 Å². The Morgan fingerprint density at radius 2 is 2.09 bits per heavy atom. The van der Waals surface area contributed by atoms with Gasteiger partial charge >= 0.3 is 0 Å². The number of halogens is 1. The standard InChI is InChI=1S/C15H16BrN3O3S/c1-11-8-13(5-6-14(11)16)19(23(2,21)22)10-15(20)18-12-4-3-7-17-9-12/h3-9H,10H2,1-2H3,(H,18,20). The molecule has 0 unspecified atom stereocenters. The molecule has 0 spiro atoms. The van der Waals surface area contributed by atoms with Gasteiger partial charge in [-0.05, 0) is 42.8 Å². The number of benzene rings is 1. The fourth-order valence-corrected chi connectivity index (χ4v) is 3.05. The van der Waals surface area contributed by atoms with Crippen LogP contribution in [0.1, 0.15) is 5.56 Å². The van der Waals surface area contributed by atoms with Crippen molar-refractivity contribution >= 4 is 43.2 Å². The van der Waals surface area contributed by atoms with Gasteiger partial charge in [0.1, 0.15) is 6.54 Å². The molecular formula is C15H16BrN3O3S. The van der Waals surface area contributed by atoms with Crippen LogP contribution < -0.4 is 9.62 Å². The van der Waals surface area contributed by atoms with Crippen molar-refractivity contribution in [1.82, 2.24) is 4.98 Å². The third kappa shape index (κ3) is 4.77. The number of hydrogen-bond donors (Lipinski definition) is 1. The maximum absolute atomic E-state index is 12.1. The van der Waals surface area contributed by atoms with E-state index in [2.05, 4.69) is 26.2 Å². The summed E-state index contributed by atoms with van der Waals surface area (Å²) in [7, 11) is -3.59. The molecular weight excluding hydrogens is 382 g/mol. The molecule has 1 aromatic carbocycles. The number of pyridine rings is 1. The molecule has 23 heavy (non-hydrogen) atoms. The Hall–Kier alpha value is -1.93. The molecule has 0 bridgehead atoms. The second kappa shape index (κ2) is 7.10. The third-order valence-corrected chi connectivity index (χ3v) is 5.09. The number of amides is 1. The monoisotopic (exact) mass is 397 g/mol. The highest BCUT2D eigenvalue weighted by molar-refractivity contribution is 9.10. The lowest BCUT2D eigenvalue weighted by atomic mass is 10.2. The van der Waals surface area contributed by atoms with Crippen LogP contribution in [0.3, 0.4) is 0 Å². The Morgan fingerprint density at radius 3 is 2.65 bits per heavy atom. The van der Waals surface area contributed by atoms with E-state index in [0.717, 1.165) is 20.6 Å². The van der Waals surface area contributed by atoms with Crippen molar-refractivity contribution in [3.8, 4) is 0 Å². The fourth-order valence-electron chi connectivity index (χ4n) is 1.95. The molecule has 6 nitrogen and oxygen atoms in total. The quantitative estimate of drug-likeness (QED) is 0.840. The third-order valence-electron chi connectivity index (χ3n) is 3.06. The molecule has 0 radical (unpaired) electrons. The lowest BCUT2D eigenvalue weighted by molar-refractivity contribution is -0.114. The SMILES string of the molecule is Cc1cc(N(CC(=O)Nc2cccnc2)S(C)(=O)=O)ccc1Br. The van der Waals surface area contributed by atoms with Crippen molar-refractivity contribution < 1.29 is 13.2 Å². The van der Waals surface area contributed by atoms with E-state index in [1.165, 1.54) is 6.20 Å². The van der Waals surface area contributed by atoms with Crippen LogP contribution in [0.5, 0.6) is 0 Å². The summed E-state index contributed by atoms with van der Waals surface area (Å²) in [5.41, 5.74) is 1.83. The lowest BCUT2D eigenvalue weighted by Crippen LogP contribution is -2.37. The van der Waals surface area contributed by atoms with Gasteiger partial charge in [0.15, 0.2) is 0 Å². The summed E-state index contributed by atoms with van der Waals surface area (Å²) in [6.07, 6.45) is 4.15. The van der Waals surface area contributed by atoms with Crippen LogP contribution in [0.2, 0.25) is 0 Å². The second-order valence-corrected chi connectivity index (χ2v) is 7.75. The summed E-state index contributed by atoms with van der Waals surface area (Å²) in [6.45, 7) is 1.54. The maximum atomic E-state index is 12.1. The molecule has 2 aromatic rings. The first-order chi connectivity index (χ1) is 10.8. The molecule has 0 aliphatic heterocycles. The molecule has 1 amide bonds. The number of carbonyl (C=O) groups is 1. The van der Waals surface area contributed by atoms with Crippen LogP contribution in [0.4, 0.5) is 11.4 Å². The summed E-state index contributed by atoms with van der Waals surface area (Å²) in [5, 5.41) is 2.62. The normalized spacial score (nSPS) is 11.1. The van der Waals surface area contributed by atoms with E-state index in [-0.39, 0.29) is 6.54 Å². The molecule has 1 heterocycles. The molecule has 0 saturated carbocycles. The Balaban J connectivity index is 2.23. The minimum atomic E-state index is -3.59. The predicted molar refractivity (Wildman–Crippen MR) is 93.9 cm³/mol. The molecule has 8 heteroatoms. The molecule has 1 N–H and O–H groups in total. The summed E-state index contributed by atoms with van der Waals surface area (Å²) < 4.78 is 26.0. The van der Waals surface area contributed by atoms with Crippen LogP contribution in [-0.4, -0.2) is 32.1 Å². The van der Waals surface area contributed by atoms with Crippen LogP contribution >= 0.6 is 15.9 Å². The largest absolute Gasteiger partial charge is 0.323 e. The molecule has 0 aliphatic rings. The van der Waals surface area contributed by atoms with Gasteiger partial charge < -0.3 is 5.32 Å². The van der Waals surface area contributed by atoms with Gasteiger partial charge in [0.05, 0.1) is 23.8 Å². The number of hydrogen-bond acceptors (Lipinski definition) is 4. The van der Waals surface area contributed by atoms with E-state index in [1.807, 2.05) is 6.92 Å². The zero-order chi connectivity index (χ0) is 17.0. The predicted octanol–water partition coefficient (Wildman–Crippen LogP) is 2.56. The first-order valence-corrected chi connectivity index (χ1v) is 9.35. The maximum Gasteiger partial charge on any atom is 0.245 e. The van der Waals surface area contributed by atoms with Crippen molar-refractivity contribution in [3.63, 3.8) is 0 Å². The van der Waals surface area contributed by atoms with E-state index < -0.39 is 15.9 Å². The smallest absolute Gasteiger partial charge is 0.245 e. The second-order valence-electron chi connectivity index (χ2n) is 4.99. The van der Waals surface area contributed by atoms with Gasteiger partial charge in [0.25, 0.3) is 0 Å². The zero-order valence-electron chi connectivity index (χ0n) is 12.7. The van der Waals surface area contributed by atoms with Crippen LogP contribution in [0, 0.1) is 6.92 Å². The van der Waals surface area contributed by atoms with Gasteiger partial charge in [-0.15, -0.1) is 0 Å². The molecule has 1 aromatic heterocycles. The molecule has 0 atom stereocenters. The Morgan fingerprint density at radius 1 is 1.35 bits per heavy atom. The first-order valence-electron chi connectivity index (χ1n) is 6.71. The summed E-state index contributed by atoms with van der Waals surface area (Å²) >= 11 is 3.37.